The molecule has 7 heteroatoms. The molecule has 0 aromatic carbocycles. The van der Waals surface area contributed by atoms with Gasteiger partial charge in [0, 0.05) is 13.6 Å². The zero-order chi connectivity index (χ0) is 14.1. The highest BCUT2D eigenvalue weighted by atomic mass is 16.5. The zero-order valence-corrected chi connectivity index (χ0v) is 11.7. The van der Waals surface area contributed by atoms with Crippen LogP contribution in [0.15, 0.2) is 12.7 Å². The molecule has 0 bridgehead atoms. The van der Waals surface area contributed by atoms with Gasteiger partial charge in [0.15, 0.2) is 17.0 Å². The SMILES string of the molecule is CCN(C)c1ncnc2c1ncn2[C@H]1CC[C@@H](CO)O1. The van der Waals surface area contributed by atoms with Crippen LogP contribution in [0.4, 0.5) is 5.82 Å². The van der Waals surface area contributed by atoms with Gasteiger partial charge in [-0.2, -0.15) is 0 Å². The van der Waals surface area contributed by atoms with E-state index in [1.165, 1.54) is 0 Å². The number of fused-ring (bicyclic) bond motifs is 1. The summed E-state index contributed by atoms with van der Waals surface area (Å²) >= 11 is 0. The minimum atomic E-state index is -0.105. The number of hydrogen-bond acceptors (Lipinski definition) is 6. The standard InChI is InChI=1S/C13H19N5O2/c1-3-17(2)12-11-13(15-7-14-12)18(8-16-11)10-5-4-9(6-19)20-10/h7-10,19H,3-6H2,1-2H3/t9-,10+/m0/s1. The second-order valence-corrected chi connectivity index (χ2v) is 5.01. The van der Waals surface area contributed by atoms with Gasteiger partial charge in [-0.3, -0.25) is 4.57 Å². The molecule has 3 rings (SSSR count). The molecule has 108 valence electrons. The number of aliphatic hydroxyl groups excluding tert-OH is 1. The van der Waals surface area contributed by atoms with Crippen LogP contribution in [0.25, 0.3) is 11.2 Å². The number of aliphatic hydroxyl groups is 1. The van der Waals surface area contributed by atoms with Gasteiger partial charge in [0.05, 0.1) is 19.0 Å². The van der Waals surface area contributed by atoms with Gasteiger partial charge in [-0.05, 0) is 19.8 Å². The van der Waals surface area contributed by atoms with Gasteiger partial charge in [0.1, 0.15) is 12.6 Å². The number of nitrogens with zero attached hydrogens (tertiary/aromatic N) is 5. The Morgan fingerprint density at radius 3 is 2.95 bits per heavy atom. The molecule has 0 radical (unpaired) electrons. The maximum Gasteiger partial charge on any atom is 0.167 e. The maximum atomic E-state index is 9.16. The summed E-state index contributed by atoms with van der Waals surface area (Å²) in [5.41, 5.74) is 1.56. The third-order valence-corrected chi connectivity index (χ3v) is 3.77. The lowest BCUT2D eigenvalue weighted by molar-refractivity contribution is -0.0207. The summed E-state index contributed by atoms with van der Waals surface area (Å²) < 4.78 is 7.72. The molecular weight excluding hydrogens is 258 g/mol. The van der Waals surface area contributed by atoms with Crippen molar-refractivity contribution >= 4 is 17.0 Å². The van der Waals surface area contributed by atoms with Crippen molar-refractivity contribution in [3.63, 3.8) is 0 Å². The van der Waals surface area contributed by atoms with Crippen molar-refractivity contribution in [1.29, 1.82) is 0 Å². The predicted octanol–water partition coefficient (Wildman–Crippen LogP) is 0.952. The average Bonchev–Trinajstić information content (AvgIpc) is 3.11. The van der Waals surface area contributed by atoms with Crippen LogP contribution >= 0.6 is 0 Å². The molecule has 0 aliphatic carbocycles. The van der Waals surface area contributed by atoms with Crippen LogP contribution in [0.2, 0.25) is 0 Å². The van der Waals surface area contributed by atoms with Gasteiger partial charge >= 0.3 is 0 Å². The Morgan fingerprint density at radius 2 is 2.25 bits per heavy atom. The van der Waals surface area contributed by atoms with E-state index < -0.39 is 0 Å². The molecule has 7 nitrogen and oxygen atoms in total. The number of rotatable bonds is 4. The summed E-state index contributed by atoms with van der Waals surface area (Å²) in [4.78, 5) is 15.1. The smallest absolute Gasteiger partial charge is 0.167 e. The van der Waals surface area contributed by atoms with E-state index in [-0.39, 0.29) is 18.9 Å². The summed E-state index contributed by atoms with van der Waals surface area (Å²) in [6, 6.07) is 0. The largest absolute Gasteiger partial charge is 0.394 e. The Labute approximate surface area is 117 Å². The molecule has 2 atom stereocenters. The van der Waals surface area contributed by atoms with Crippen LogP contribution in [-0.2, 0) is 4.74 Å². The van der Waals surface area contributed by atoms with Gasteiger partial charge in [-0.15, -0.1) is 0 Å². The molecule has 0 spiro atoms. The second-order valence-electron chi connectivity index (χ2n) is 5.01. The molecule has 2 aromatic heterocycles. The number of imidazole rings is 1. The highest BCUT2D eigenvalue weighted by Gasteiger charge is 2.27. The molecule has 1 saturated heterocycles. The van der Waals surface area contributed by atoms with Crippen molar-refractivity contribution in [3.8, 4) is 0 Å². The molecule has 1 aliphatic heterocycles. The average molecular weight is 277 g/mol. The highest BCUT2D eigenvalue weighted by Crippen LogP contribution is 2.31. The number of hydrogen-bond donors (Lipinski definition) is 1. The fraction of sp³-hybridized carbons (Fsp3) is 0.615. The van der Waals surface area contributed by atoms with Crippen LogP contribution in [0.3, 0.4) is 0 Å². The van der Waals surface area contributed by atoms with Gasteiger partial charge in [-0.1, -0.05) is 0 Å². The van der Waals surface area contributed by atoms with E-state index in [0.717, 1.165) is 36.4 Å². The second kappa shape index (κ2) is 5.34. The molecule has 2 aromatic rings. The van der Waals surface area contributed by atoms with Crippen molar-refractivity contribution in [2.75, 3.05) is 25.1 Å². The predicted molar refractivity (Wildman–Crippen MR) is 74.5 cm³/mol. The summed E-state index contributed by atoms with van der Waals surface area (Å²) in [7, 11) is 1.98. The summed E-state index contributed by atoms with van der Waals surface area (Å²) in [6.45, 7) is 2.98. The van der Waals surface area contributed by atoms with Gasteiger partial charge in [0.2, 0.25) is 0 Å². The minimum Gasteiger partial charge on any atom is -0.394 e. The lowest BCUT2D eigenvalue weighted by Gasteiger charge is -2.16. The highest BCUT2D eigenvalue weighted by molar-refractivity contribution is 5.83. The lowest BCUT2D eigenvalue weighted by Crippen LogP contribution is -2.18. The first-order valence-electron chi connectivity index (χ1n) is 6.89. The number of ether oxygens (including phenoxy) is 1. The van der Waals surface area contributed by atoms with E-state index in [4.69, 9.17) is 9.84 Å². The topological polar surface area (TPSA) is 76.3 Å². The minimum absolute atomic E-state index is 0.0575. The van der Waals surface area contributed by atoms with Crippen LogP contribution in [0.5, 0.6) is 0 Å². The monoisotopic (exact) mass is 277 g/mol. The quantitative estimate of drug-likeness (QED) is 0.896. The van der Waals surface area contributed by atoms with Gasteiger partial charge < -0.3 is 14.7 Å². The third kappa shape index (κ3) is 2.12. The van der Waals surface area contributed by atoms with Crippen LogP contribution < -0.4 is 4.90 Å². The molecule has 0 saturated carbocycles. The van der Waals surface area contributed by atoms with Crippen molar-refractivity contribution < 1.29 is 9.84 Å². The van der Waals surface area contributed by atoms with Crippen molar-refractivity contribution in [3.05, 3.63) is 12.7 Å². The summed E-state index contributed by atoms with van der Waals surface area (Å²) in [6.07, 6.45) is 4.83. The fourth-order valence-corrected chi connectivity index (χ4v) is 2.51. The third-order valence-electron chi connectivity index (χ3n) is 3.77. The van der Waals surface area contributed by atoms with Crippen molar-refractivity contribution in [1.82, 2.24) is 19.5 Å². The van der Waals surface area contributed by atoms with E-state index >= 15 is 0 Å². The lowest BCUT2D eigenvalue weighted by atomic mass is 10.2. The molecule has 1 aliphatic rings. The van der Waals surface area contributed by atoms with Crippen LogP contribution in [0, 0.1) is 0 Å². The van der Waals surface area contributed by atoms with Crippen molar-refractivity contribution in [2.24, 2.45) is 0 Å². The molecule has 20 heavy (non-hydrogen) atoms. The molecule has 0 unspecified atom stereocenters. The van der Waals surface area contributed by atoms with E-state index in [1.807, 2.05) is 16.5 Å². The Balaban J connectivity index is 1.98. The Kier molecular flexibility index (Phi) is 3.54. The number of anilines is 1. The Bertz CT molecular complexity index is 599. The van der Waals surface area contributed by atoms with E-state index in [0.29, 0.717) is 0 Å². The first-order chi connectivity index (χ1) is 9.74. The molecular formula is C13H19N5O2. The first kappa shape index (κ1) is 13.3. The summed E-state index contributed by atoms with van der Waals surface area (Å²) in [5, 5.41) is 9.16. The molecule has 3 heterocycles. The normalized spacial score (nSPS) is 22.6. The number of aromatic nitrogens is 4. The van der Waals surface area contributed by atoms with E-state index in [2.05, 4.69) is 21.9 Å². The maximum absolute atomic E-state index is 9.16. The van der Waals surface area contributed by atoms with E-state index in [1.54, 1.807) is 12.7 Å². The molecule has 1 N–H and O–H groups in total. The van der Waals surface area contributed by atoms with Crippen molar-refractivity contribution in [2.45, 2.75) is 32.1 Å². The molecule has 0 amide bonds. The Hall–Kier alpha value is -1.73. The molecule has 1 fully saturated rings. The Morgan fingerprint density at radius 1 is 1.40 bits per heavy atom. The zero-order valence-electron chi connectivity index (χ0n) is 11.7. The van der Waals surface area contributed by atoms with Gasteiger partial charge in [0.25, 0.3) is 0 Å². The fourth-order valence-electron chi connectivity index (χ4n) is 2.51. The first-order valence-corrected chi connectivity index (χ1v) is 6.89. The summed E-state index contributed by atoms with van der Waals surface area (Å²) in [5.74, 6) is 0.827. The van der Waals surface area contributed by atoms with Crippen LogP contribution in [0.1, 0.15) is 26.0 Å². The van der Waals surface area contributed by atoms with Crippen LogP contribution in [-0.4, -0.2) is 50.9 Å². The van der Waals surface area contributed by atoms with E-state index in [9.17, 15) is 0 Å². The van der Waals surface area contributed by atoms with Gasteiger partial charge in [-0.25, -0.2) is 15.0 Å².